The highest BCUT2D eigenvalue weighted by Crippen LogP contribution is 2.58. The topological polar surface area (TPSA) is 99.1 Å². The summed E-state index contributed by atoms with van der Waals surface area (Å²) < 4.78 is 16.8. The van der Waals surface area contributed by atoms with Crippen LogP contribution in [0.15, 0.2) is 0 Å². The van der Waals surface area contributed by atoms with Gasteiger partial charge in [0, 0.05) is 37.5 Å². The number of aliphatic hydroxyl groups excluding tert-OH is 1. The Morgan fingerprint density at radius 2 is 1.77 bits per heavy atom. The minimum absolute atomic E-state index is 0.0210. The van der Waals surface area contributed by atoms with Crippen LogP contribution in [-0.2, 0) is 28.6 Å². The average Bonchev–Trinajstić information content (AvgIpc) is 2.88. The third-order valence-electron chi connectivity index (χ3n) is 6.73. The Balaban J connectivity index is 2.08. The number of hydrogen-bond donors (Lipinski definition) is 1. The molecule has 1 N–H and O–H groups in total. The fourth-order valence-electron chi connectivity index (χ4n) is 5.73. The van der Waals surface area contributed by atoms with E-state index in [9.17, 15) is 19.5 Å². The van der Waals surface area contributed by atoms with Crippen LogP contribution in [0.1, 0.15) is 47.5 Å². The molecule has 1 saturated heterocycles. The van der Waals surface area contributed by atoms with Gasteiger partial charge >= 0.3 is 17.9 Å². The zero-order valence-corrected chi connectivity index (χ0v) is 15.9. The van der Waals surface area contributed by atoms with Crippen LogP contribution in [0.25, 0.3) is 0 Å². The van der Waals surface area contributed by atoms with Gasteiger partial charge in [0.2, 0.25) is 0 Å². The SMILES string of the molecule is CC(=O)OC1CC(O)C2(C)C(OC(C)=O)C3C(CC(C)C12)OC(=O)C3C. The van der Waals surface area contributed by atoms with Crippen molar-refractivity contribution in [1.82, 2.24) is 0 Å². The lowest BCUT2D eigenvalue weighted by Crippen LogP contribution is -2.52. The maximum Gasteiger partial charge on any atom is 0.309 e. The summed E-state index contributed by atoms with van der Waals surface area (Å²) in [5, 5.41) is 11.0. The van der Waals surface area contributed by atoms with E-state index in [-0.39, 0.29) is 29.8 Å². The summed E-state index contributed by atoms with van der Waals surface area (Å²) in [5.74, 6) is -2.07. The van der Waals surface area contributed by atoms with E-state index in [1.54, 1.807) is 6.92 Å². The zero-order valence-electron chi connectivity index (χ0n) is 15.9. The van der Waals surface area contributed by atoms with Crippen molar-refractivity contribution in [2.24, 2.45) is 29.1 Å². The molecule has 9 unspecified atom stereocenters. The monoisotopic (exact) mass is 368 g/mol. The predicted octanol–water partition coefficient (Wildman–Crippen LogP) is 1.45. The fourth-order valence-corrected chi connectivity index (χ4v) is 5.73. The highest BCUT2D eigenvalue weighted by atomic mass is 16.6. The smallest absolute Gasteiger partial charge is 0.309 e. The summed E-state index contributed by atoms with van der Waals surface area (Å²) in [6, 6.07) is 0. The van der Waals surface area contributed by atoms with Gasteiger partial charge in [0.1, 0.15) is 18.3 Å². The van der Waals surface area contributed by atoms with Gasteiger partial charge < -0.3 is 19.3 Å². The van der Waals surface area contributed by atoms with Gasteiger partial charge in [-0.1, -0.05) is 20.8 Å². The number of carbonyl (C=O) groups is 3. The number of aliphatic hydroxyl groups is 1. The Labute approximate surface area is 153 Å². The van der Waals surface area contributed by atoms with Crippen LogP contribution in [0.3, 0.4) is 0 Å². The van der Waals surface area contributed by atoms with Crippen LogP contribution in [0.5, 0.6) is 0 Å². The molecule has 0 radical (unpaired) electrons. The minimum atomic E-state index is -0.827. The molecule has 146 valence electrons. The van der Waals surface area contributed by atoms with Crippen LogP contribution >= 0.6 is 0 Å². The van der Waals surface area contributed by atoms with Crippen molar-refractivity contribution < 1.29 is 33.7 Å². The summed E-state index contributed by atoms with van der Waals surface area (Å²) >= 11 is 0. The molecule has 1 heterocycles. The number of hydrogen-bond acceptors (Lipinski definition) is 7. The first kappa shape index (κ1) is 19.1. The third kappa shape index (κ3) is 2.80. The number of fused-ring (bicyclic) bond motifs is 2. The molecule has 26 heavy (non-hydrogen) atoms. The molecule has 2 saturated carbocycles. The van der Waals surface area contributed by atoms with E-state index >= 15 is 0 Å². The molecule has 7 nitrogen and oxygen atoms in total. The van der Waals surface area contributed by atoms with E-state index in [1.807, 2.05) is 13.8 Å². The molecule has 9 atom stereocenters. The molecule has 0 bridgehead atoms. The second-order valence-electron chi connectivity index (χ2n) is 8.38. The summed E-state index contributed by atoms with van der Waals surface area (Å²) in [4.78, 5) is 35.6. The summed E-state index contributed by atoms with van der Waals surface area (Å²) in [6.45, 7) is 8.36. The first-order valence-corrected chi connectivity index (χ1v) is 9.30. The maximum absolute atomic E-state index is 12.2. The molecule has 7 heteroatoms. The number of ether oxygens (including phenoxy) is 3. The van der Waals surface area contributed by atoms with E-state index in [1.165, 1.54) is 13.8 Å². The fraction of sp³-hybridized carbons (Fsp3) is 0.842. The van der Waals surface area contributed by atoms with Crippen molar-refractivity contribution in [3.63, 3.8) is 0 Å². The Bertz CT molecular complexity index is 617. The number of esters is 3. The highest BCUT2D eigenvalue weighted by Gasteiger charge is 2.66. The van der Waals surface area contributed by atoms with Gasteiger partial charge in [-0.05, 0) is 12.3 Å². The van der Waals surface area contributed by atoms with Crippen LogP contribution in [-0.4, -0.2) is 47.4 Å². The Morgan fingerprint density at radius 1 is 1.15 bits per heavy atom. The van der Waals surface area contributed by atoms with Crippen LogP contribution < -0.4 is 0 Å². The first-order valence-electron chi connectivity index (χ1n) is 9.30. The van der Waals surface area contributed by atoms with Gasteiger partial charge in [0.15, 0.2) is 0 Å². The largest absolute Gasteiger partial charge is 0.462 e. The zero-order chi connectivity index (χ0) is 19.4. The third-order valence-corrected chi connectivity index (χ3v) is 6.73. The highest BCUT2D eigenvalue weighted by molar-refractivity contribution is 5.75. The lowest BCUT2D eigenvalue weighted by molar-refractivity contribution is -0.174. The normalized spacial score (nSPS) is 47.4. The van der Waals surface area contributed by atoms with E-state index in [2.05, 4.69) is 0 Å². The molecule has 2 aliphatic carbocycles. The molecule has 3 fully saturated rings. The van der Waals surface area contributed by atoms with E-state index in [4.69, 9.17) is 14.2 Å². The standard InChI is InChI=1S/C19H28O7/c1-8-6-12-15(9(2)18(23)26-12)17(25-11(4)21)19(5)14(22)7-13(16(8)19)24-10(3)20/h8-9,12-17,22H,6-7H2,1-5H3. The molecule has 0 amide bonds. The molecule has 0 aromatic carbocycles. The molecular formula is C19H28O7. The Kier molecular flexibility index (Phi) is 4.80. The number of carbonyl (C=O) groups excluding carboxylic acids is 3. The van der Waals surface area contributed by atoms with E-state index < -0.39 is 41.6 Å². The summed E-state index contributed by atoms with van der Waals surface area (Å²) in [5.41, 5.74) is -0.827. The predicted molar refractivity (Wildman–Crippen MR) is 89.6 cm³/mol. The minimum Gasteiger partial charge on any atom is -0.462 e. The van der Waals surface area contributed by atoms with Gasteiger partial charge in [-0.3, -0.25) is 14.4 Å². The van der Waals surface area contributed by atoms with Crippen LogP contribution in [0.2, 0.25) is 0 Å². The molecule has 1 aliphatic heterocycles. The quantitative estimate of drug-likeness (QED) is 0.582. The molecule has 0 aromatic heterocycles. The van der Waals surface area contributed by atoms with Crippen molar-refractivity contribution in [2.45, 2.75) is 71.9 Å². The van der Waals surface area contributed by atoms with Gasteiger partial charge in [0.25, 0.3) is 0 Å². The average molecular weight is 368 g/mol. The summed E-state index contributed by atoms with van der Waals surface area (Å²) in [7, 11) is 0. The number of rotatable bonds is 2. The molecule has 0 aromatic rings. The van der Waals surface area contributed by atoms with Crippen LogP contribution in [0, 0.1) is 29.1 Å². The van der Waals surface area contributed by atoms with Crippen LogP contribution in [0.4, 0.5) is 0 Å². The van der Waals surface area contributed by atoms with Crippen molar-refractivity contribution in [3.05, 3.63) is 0 Å². The Hall–Kier alpha value is -1.63. The lowest BCUT2D eigenvalue weighted by Gasteiger charge is -2.43. The van der Waals surface area contributed by atoms with E-state index in [0.717, 1.165) is 0 Å². The van der Waals surface area contributed by atoms with Gasteiger partial charge in [-0.25, -0.2) is 0 Å². The molecular weight excluding hydrogens is 340 g/mol. The van der Waals surface area contributed by atoms with Gasteiger partial charge in [0.05, 0.1) is 12.0 Å². The molecule has 3 aliphatic rings. The summed E-state index contributed by atoms with van der Waals surface area (Å²) in [6.07, 6.45) is -1.44. The second kappa shape index (κ2) is 6.51. The lowest BCUT2D eigenvalue weighted by atomic mass is 9.66. The molecule has 3 rings (SSSR count). The maximum atomic E-state index is 12.2. The van der Waals surface area contributed by atoms with Crippen molar-refractivity contribution >= 4 is 17.9 Å². The van der Waals surface area contributed by atoms with Crippen molar-refractivity contribution in [1.29, 1.82) is 0 Å². The van der Waals surface area contributed by atoms with Crippen molar-refractivity contribution in [3.8, 4) is 0 Å². The second-order valence-corrected chi connectivity index (χ2v) is 8.38. The Morgan fingerprint density at radius 3 is 2.35 bits per heavy atom. The van der Waals surface area contributed by atoms with Gasteiger partial charge in [-0.15, -0.1) is 0 Å². The van der Waals surface area contributed by atoms with E-state index in [0.29, 0.717) is 12.8 Å². The first-order chi connectivity index (χ1) is 12.1. The molecule has 0 spiro atoms. The van der Waals surface area contributed by atoms with Gasteiger partial charge in [-0.2, -0.15) is 0 Å². The van der Waals surface area contributed by atoms with Crippen molar-refractivity contribution in [2.75, 3.05) is 0 Å².